The first-order chi connectivity index (χ1) is 12.7. The molecule has 3 heterocycles. The molecule has 4 rings (SSSR count). The Morgan fingerprint density at radius 3 is 2.54 bits per heavy atom. The number of benzene rings is 1. The molecule has 26 heavy (non-hydrogen) atoms. The van der Waals surface area contributed by atoms with Crippen LogP contribution in [0.3, 0.4) is 0 Å². The summed E-state index contributed by atoms with van der Waals surface area (Å²) >= 11 is 0. The zero-order valence-electron chi connectivity index (χ0n) is 15.3. The minimum absolute atomic E-state index is 0.210. The Morgan fingerprint density at radius 2 is 1.81 bits per heavy atom. The second-order valence-corrected chi connectivity index (χ2v) is 6.77. The molecule has 7 nitrogen and oxygen atoms in total. The van der Waals surface area contributed by atoms with Crippen LogP contribution in [0.2, 0.25) is 0 Å². The Balaban J connectivity index is 1.71. The summed E-state index contributed by atoms with van der Waals surface area (Å²) < 4.78 is 1.86. The van der Waals surface area contributed by atoms with E-state index in [-0.39, 0.29) is 6.61 Å². The van der Waals surface area contributed by atoms with Crippen LogP contribution in [0.25, 0.3) is 17.2 Å². The van der Waals surface area contributed by atoms with E-state index in [2.05, 4.69) is 38.8 Å². The molecular weight excluding hydrogens is 328 g/mol. The summed E-state index contributed by atoms with van der Waals surface area (Å²) in [5, 5.41) is 13.9. The molecular formula is C19H24N6O. The molecule has 1 aliphatic rings. The Morgan fingerprint density at radius 1 is 1.04 bits per heavy atom. The van der Waals surface area contributed by atoms with Crippen molar-refractivity contribution in [2.24, 2.45) is 0 Å². The Kier molecular flexibility index (Phi) is 4.57. The number of piperazine rings is 1. The summed E-state index contributed by atoms with van der Waals surface area (Å²) in [6, 6.07) is 10.2. The number of hydrogen-bond donors (Lipinski definition) is 1. The van der Waals surface area contributed by atoms with Gasteiger partial charge in [-0.15, -0.1) is 5.10 Å². The van der Waals surface area contributed by atoms with Gasteiger partial charge in [0.1, 0.15) is 5.82 Å². The average molecular weight is 352 g/mol. The molecule has 0 aliphatic carbocycles. The first-order valence-electron chi connectivity index (χ1n) is 9.04. The van der Waals surface area contributed by atoms with E-state index >= 15 is 0 Å². The van der Waals surface area contributed by atoms with Crippen molar-refractivity contribution in [1.29, 1.82) is 0 Å². The fourth-order valence-electron chi connectivity index (χ4n) is 3.47. The molecule has 0 atom stereocenters. The first-order valence-corrected chi connectivity index (χ1v) is 9.04. The molecule has 0 radical (unpaired) electrons. The molecule has 0 unspecified atom stereocenters. The Labute approximate surface area is 152 Å². The van der Waals surface area contributed by atoms with Gasteiger partial charge >= 0.3 is 0 Å². The molecule has 1 fully saturated rings. The topological polar surface area (TPSA) is 69.8 Å². The molecule has 7 heteroatoms. The van der Waals surface area contributed by atoms with E-state index in [1.165, 1.54) is 0 Å². The van der Waals surface area contributed by atoms with Crippen molar-refractivity contribution in [3.63, 3.8) is 0 Å². The number of rotatable bonds is 4. The summed E-state index contributed by atoms with van der Waals surface area (Å²) in [6.07, 6.45) is 0. The van der Waals surface area contributed by atoms with Gasteiger partial charge in [-0.1, -0.05) is 24.3 Å². The van der Waals surface area contributed by atoms with E-state index in [1.807, 2.05) is 29.6 Å². The number of aryl methyl sites for hydroxylation is 2. The maximum Gasteiger partial charge on any atom is 0.254 e. The van der Waals surface area contributed by atoms with Gasteiger partial charge in [0.15, 0.2) is 5.82 Å². The normalized spacial score (nSPS) is 15.7. The number of nitrogens with zero attached hydrogens (tertiary/aromatic N) is 6. The third-order valence-corrected chi connectivity index (χ3v) is 4.92. The van der Waals surface area contributed by atoms with Gasteiger partial charge in [0.25, 0.3) is 5.78 Å². The number of aromatic nitrogens is 4. The SMILES string of the molecule is Cc1cc(N2CCN(CCO)CC2)n2nc(-c3ccccc3C)nc2n1. The minimum atomic E-state index is 0.210. The number of anilines is 1. The monoisotopic (exact) mass is 352 g/mol. The number of fused-ring (bicyclic) bond motifs is 1. The average Bonchev–Trinajstić information content (AvgIpc) is 3.06. The van der Waals surface area contributed by atoms with Crippen molar-refractivity contribution in [2.45, 2.75) is 13.8 Å². The maximum atomic E-state index is 9.13. The van der Waals surface area contributed by atoms with Gasteiger partial charge in [0.05, 0.1) is 6.61 Å². The van der Waals surface area contributed by atoms with Crippen LogP contribution in [-0.2, 0) is 0 Å². The zero-order valence-corrected chi connectivity index (χ0v) is 15.3. The molecule has 0 bridgehead atoms. The van der Waals surface area contributed by atoms with Crippen molar-refractivity contribution in [3.05, 3.63) is 41.6 Å². The van der Waals surface area contributed by atoms with E-state index in [9.17, 15) is 0 Å². The van der Waals surface area contributed by atoms with E-state index in [0.29, 0.717) is 11.6 Å². The molecule has 1 saturated heterocycles. The van der Waals surface area contributed by atoms with Crippen LogP contribution in [0.15, 0.2) is 30.3 Å². The number of hydrogen-bond acceptors (Lipinski definition) is 6. The highest BCUT2D eigenvalue weighted by molar-refractivity contribution is 5.62. The lowest BCUT2D eigenvalue weighted by Crippen LogP contribution is -2.47. The number of β-amino-alcohol motifs (C(OH)–C–C–N with tert-alkyl or cyclic N) is 1. The molecule has 1 N–H and O–H groups in total. The molecule has 0 spiro atoms. The third-order valence-electron chi connectivity index (χ3n) is 4.92. The van der Waals surface area contributed by atoms with Crippen LogP contribution in [0.5, 0.6) is 0 Å². The molecule has 2 aromatic heterocycles. The van der Waals surface area contributed by atoms with Gasteiger partial charge in [-0.3, -0.25) is 4.90 Å². The highest BCUT2D eigenvalue weighted by Gasteiger charge is 2.21. The predicted octanol–water partition coefficient (Wildman–Crippen LogP) is 1.52. The summed E-state index contributed by atoms with van der Waals surface area (Å²) in [5.41, 5.74) is 3.13. The molecule has 136 valence electrons. The summed E-state index contributed by atoms with van der Waals surface area (Å²) in [7, 11) is 0. The fourth-order valence-corrected chi connectivity index (χ4v) is 3.47. The van der Waals surface area contributed by atoms with Crippen LogP contribution >= 0.6 is 0 Å². The van der Waals surface area contributed by atoms with Crippen molar-refractivity contribution in [1.82, 2.24) is 24.5 Å². The highest BCUT2D eigenvalue weighted by atomic mass is 16.3. The highest BCUT2D eigenvalue weighted by Crippen LogP contribution is 2.23. The lowest BCUT2D eigenvalue weighted by atomic mass is 10.1. The minimum Gasteiger partial charge on any atom is -0.395 e. The maximum absolute atomic E-state index is 9.13. The van der Waals surface area contributed by atoms with Crippen LogP contribution in [0, 0.1) is 13.8 Å². The van der Waals surface area contributed by atoms with Crippen LogP contribution in [-0.4, -0.2) is 68.9 Å². The third kappa shape index (κ3) is 3.15. The molecule has 1 aromatic carbocycles. The van der Waals surface area contributed by atoms with E-state index < -0.39 is 0 Å². The number of aliphatic hydroxyl groups excluding tert-OH is 1. The molecule has 0 saturated carbocycles. The van der Waals surface area contributed by atoms with E-state index in [1.54, 1.807) is 0 Å². The van der Waals surface area contributed by atoms with Gasteiger partial charge in [-0.2, -0.15) is 9.50 Å². The number of aliphatic hydroxyl groups is 1. The smallest absolute Gasteiger partial charge is 0.254 e. The van der Waals surface area contributed by atoms with Crippen molar-refractivity contribution in [2.75, 3.05) is 44.2 Å². The molecule has 3 aromatic rings. The van der Waals surface area contributed by atoms with E-state index in [4.69, 9.17) is 10.2 Å². The van der Waals surface area contributed by atoms with Crippen LogP contribution in [0.4, 0.5) is 5.82 Å². The Hall–Kier alpha value is -2.51. The molecule has 0 amide bonds. The Bertz CT molecular complexity index is 914. The molecule has 1 aliphatic heterocycles. The quantitative estimate of drug-likeness (QED) is 0.768. The fraction of sp³-hybridized carbons (Fsp3) is 0.421. The van der Waals surface area contributed by atoms with Crippen molar-refractivity contribution in [3.8, 4) is 11.4 Å². The first kappa shape index (κ1) is 16.9. The van der Waals surface area contributed by atoms with Crippen LogP contribution in [0.1, 0.15) is 11.3 Å². The van der Waals surface area contributed by atoms with Crippen LogP contribution < -0.4 is 4.90 Å². The largest absolute Gasteiger partial charge is 0.395 e. The standard InChI is InChI=1S/C19H24N6O/c1-14-5-3-4-6-16(14)18-21-19-20-15(2)13-17(25(19)22-18)24-9-7-23(8-10-24)11-12-26/h3-6,13,26H,7-12H2,1-2H3. The van der Waals surface area contributed by atoms with E-state index in [0.717, 1.165) is 55.4 Å². The zero-order chi connectivity index (χ0) is 18.1. The summed E-state index contributed by atoms with van der Waals surface area (Å²) in [4.78, 5) is 13.9. The second-order valence-electron chi connectivity index (χ2n) is 6.77. The van der Waals surface area contributed by atoms with Gasteiger partial charge in [0, 0.05) is 50.0 Å². The summed E-state index contributed by atoms with van der Waals surface area (Å²) in [6.45, 7) is 8.68. The lowest BCUT2D eigenvalue weighted by molar-refractivity contribution is 0.188. The lowest BCUT2D eigenvalue weighted by Gasteiger charge is -2.35. The van der Waals surface area contributed by atoms with Gasteiger partial charge in [-0.05, 0) is 19.4 Å². The van der Waals surface area contributed by atoms with Crippen molar-refractivity contribution >= 4 is 11.6 Å². The summed E-state index contributed by atoms with van der Waals surface area (Å²) in [5.74, 6) is 2.38. The van der Waals surface area contributed by atoms with Crippen molar-refractivity contribution < 1.29 is 5.11 Å². The van der Waals surface area contributed by atoms with Gasteiger partial charge in [-0.25, -0.2) is 4.98 Å². The van der Waals surface area contributed by atoms with Gasteiger partial charge in [0.2, 0.25) is 0 Å². The predicted molar refractivity (Wildman–Crippen MR) is 101 cm³/mol. The second kappa shape index (κ2) is 7.01. The van der Waals surface area contributed by atoms with Gasteiger partial charge < -0.3 is 10.0 Å².